The Labute approximate surface area is 106 Å². The summed E-state index contributed by atoms with van der Waals surface area (Å²) in [6.45, 7) is 20.0. The van der Waals surface area contributed by atoms with E-state index in [1.165, 1.54) is 0 Å². The zero-order valence-corrected chi connectivity index (χ0v) is 11.9. The van der Waals surface area contributed by atoms with Crippen molar-refractivity contribution in [1.29, 1.82) is 0 Å². The Morgan fingerprint density at radius 1 is 1.06 bits per heavy atom. The van der Waals surface area contributed by atoms with Crippen LogP contribution in [-0.2, 0) is 9.47 Å². The molecule has 0 fully saturated rings. The third kappa shape index (κ3) is 6.62. The first-order chi connectivity index (χ1) is 7.90. The lowest BCUT2D eigenvalue weighted by Gasteiger charge is -2.37. The van der Waals surface area contributed by atoms with E-state index in [4.69, 9.17) is 16.0 Å². The summed E-state index contributed by atoms with van der Waals surface area (Å²) in [5, 5.41) is 0. The van der Waals surface area contributed by atoms with Crippen molar-refractivity contribution in [3.05, 3.63) is 11.4 Å². The molecular formula is C13H26N2O2. The smallest absolute Gasteiger partial charge is 0.237 e. The lowest BCUT2D eigenvalue weighted by atomic mass is 10.2. The van der Waals surface area contributed by atoms with E-state index in [2.05, 4.69) is 37.4 Å². The summed E-state index contributed by atoms with van der Waals surface area (Å²) in [6, 6.07) is 0.679. The van der Waals surface area contributed by atoms with Crippen molar-refractivity contribution in [3.63, 3.8) is 0 Å². The first kappa shape index (κ1) is 16.4. The second-order valence-corrected chi connectivity index (χ2v) is 4.88. The molecule has 0 bridgehead atoms. The van der Waals surface area contributed by atoms with Gasteiger partial charge in [0.25, 0.3) is 0 Å². The fourth-order valence-electron chi connectivity index (χ4n) is 1.71. The summed E-state index contributed by atoms with van der Waals surface area (Å²) in [7, 11) is 0. The molecule has 0 N–H and O–H groups in total. The van der Waals surface area contributed by atoms with E-state index >= 15 is 0 Å². The van der Waals surface area contributed by atoms with E-state index in [1.54, 1.807) is 0 Å². The molecule has 0 aromatic carbocycles. The largest absolute Gasteiger partial charge is 0.337 e. The van der Waals surface area contributed by atoms with Gasteiger partial charge in [0, 0.05) is 12.1 Å². The van der Waals surface area contributed by atoms with Crippen molar-refractivity contribution >= 4 is 0 Å². The van der Waals surface area contributed by atoms with E-state index in [9.17, 15) is 0 Å². The van der Waals surface area contributed by atoms with Crippen LogP contribution in [0.1, 0.15) is 41.5 Å². The molecule has 0 saturated heterocycles. The Morgan fingerprint density at radius 2 is 1.59 bits per heavy atom. The molecule has 0 amide bonds. The molecule has 4 heteroatoms. The SMILES string of the molecule is [C-]#[N+]CCOC(OC(C)C)N(C(C)C)C(C)C. The molecule has 0 aliphatic rings. The predicted octanol–water partition coefficient (Wildman–Crippen LogP) is 2.75. The molecule has 4 nitrogen and oxygen atoms in total. The van der Waals surface area contributed by atoms with Crippen LogP contribution in [0.4, 0.5) is 0 Å². The monoisotopic (exact) mass is 242 g/mol. The molecule has 0 saturated carbocycles. The summed E-state index contributed by atoms with van der Waals surface area (Å²) in [5.74, 6) is 0. The lowest BCUT2D eigenvalue weighted by molar-refractivity contribution is -0.253. The summed E-state index contributed by atoms with van der Waals surface area (Å²) in [5.41, 5.74) is 0. The van der Waals surface area contributed by atoms with Crippen molar-refractivity contribution in [2.75, 3.05) is 13.2 Å². The van der Waals surface area contributed by atoms with Gasteiger partial charge in [-0.3, -0.25) is 4.90 Å². The Kier molecular flexibility index (Phi) is 8.15. The van der Waals surface area contributed by atoms with E-state index in [0.29, 0.717) is 25.2 Å². The normalized spacial score (nSPS) is 13.7. The zero-order chi connectivity index (χ0) is 13.4. The van der Waals surface area contributed by atoms with E-state index < -0.39 is 0 Å². The Balaban J connectivity index is 4.56. The fourth-order valence-corrected chi connectivity index (χ4v) is 1.71. The van der Waals surface area contributed by atoms with Gasteiger partial charge in [-0.2, -0.15) is 0 Å². The second kappa shape index (κ2) is 8.46. The Bertz CT molecular complexity index is 226. The second-order valence-electron chi connectivity index (χ2n) is 4.88. The molecule has 0 rings (SSSR count). The number of ether oxygens (including phenoxy) is 2. The van der Waals surface area contributed by atoms with Crippen LogP contribution in [-0.4, -0.2) is 42.7 Å². The molecule has 17 heavy (non-hydrogen) atoms. The molecule has 1 unspecified atom stereocenters. The number of rotatable bonds is 8. The Morgan fingerprint density at radius 3 is 1.94 bits per heavy atom. The van der Waals surface area contributed by atoms with Gasteiger partial charge in [-0.25, -0.2) is 6.57 Å². The topological polar surface area (TPSA) is 26.1 Å². The van der Waals surface area contributed by atoms with Crippen molar-refractivity contribution in [2.45, 2.75) is 66.1 Å². The van der Waals surface area contributed by atoms with E-state index in [1.807, 2.05) is 13.8 Å². The maximum atomic E-state index is 6.76. The van der Waals surface area contributed by atoms with Crippen LogP contribution in [0.2, 0.25) is 0 Å². The minimum atomic E-state index is -0.364. The van der Waals surface area contributed by atoms with Crippen LogP contribution in [0.3, 0.4) is 0 Å². The van der Waals surface area contributed by atoms with Crippen LogP contribution in [0, 0.1) is 6.57 Å². The molecule has 0 aromatic heterocycles. The van der Waals surface area contributed by atoms with Crippen molar-refractivity contribution in [3.8, 4) is 0 Å². The van der Waals surface area contributed by atoms with Gasteiger partial charge in [-0.15, -0.1) is 0 Å². The predicted molar refractivity (Wildman–Crippen MR) is 69.5 cm³/mol. The summed E-state index contributed by atoms with van der Waals surface area (Å²) < 4.78 is 11.5. The summed E-state index contributed by atoms with van der Waals surface area (Å²) >= 11 is 0. The van der Waals surface area contributed by atoms with Gasteiger partial charge in [0.1, 0.15) is 6.61 Å². The summed E-state index contributed by atoms with van der Waals surface area (Å²) in [6.07, 6.45) is -0.260. The fraction of sp³-hybridized carbons (Fsp3) is 0.923. The van der Waals surface area contributed by atoms with E-state index in [-0.39, 0.29) is 12.5 Å². The molecule has 0 heterocycles. The van der Waals surface area contributed by atoms with Gasteiger partial charge < -0.3 is 14.3 Å². The highest BCUT2D eigenvalue weighted by Gasteiger charge is 2.26. The zero-order valence-electron chi connectivity index (χ0n) is 11.9. The third-order valence-electron chi connectivity index (χ3n) is 2.29. The average molecular weight is 242 g/mol. The molecular weight excluding hydrogens is 216 g/mol. The highest BCUT2D eigenvalue weighted by molar-refractivity contribution is 4.68. The van der Waals surface area contributed by atoms with Crippen LogP contribution in [0.5, 0.6) is 0 Å². The summed E-state index contributed by atoms with van der Waals surface area (Å²) in [4.78, 5) is 5.46. The highest BCUT2D eigenvalue weighted by atomic mass is 16.7. The van der Waals surface area contributed by atoms with Crippen LogP contribution < -0.4 is 0 Å². The first-order valence-electron chi connectivity index (χ1n) is 6.27. The van der Waals surface area contributed by atoms with Crippen LogP contribution >= 0.6 is 0 Å². The minimum Gasteiger partial charge on any atom is -0.337 e. The van der Waals surface area contributed by atoms with Gasteiger partial charge in [0.2, 0.25) is 13.0 Å². The standard InChI is InChI=1S/C13H26N2O2/c1-10(2)15(11(3)4)13(17-12(5)6)16-9-8-14-7/h10-13H,8-9H2,1-6H3. The van der Waals surface area contributed by atoms with Gasteiger partial charge >= 0.3 is 0 Å². The first-order valence-corrected chi connectivity index (χ1v) is 6.27. The minimum absolute atomic E-state index is 0.105. The maximum absolute atomic E-state index is 6.76. The van der Waals surface area contributed by atoms with Crippen LogP contribution in [0.15, 0.2) is 0 Å². The molecule has 0 radical (unpaired) electrons. The van der Waals surface area contributed by atoms with Crippen LogP contribution in [0.25, 0.3) is 4.85 Å². The third-order valence-corrected chi connectivity index (χ3v) is 2.29. The Hall–Kier alpha value is -0.630. The molecule has 1 atom stereocenters. The maximum Gasteiger partial charge on any atom is 0.237 e. The van der Waals surface area contributed by atoms with E-state index in [0.717, 1.165) is 0 Å². The number of nitrogens with zero attached hydrogens (tertiary/aromatic N) is 2. The van der Waals surface area contributed by atoms with Gasteiger partial charge in [0.15, 0.2) is 0 Å². The molecule has 0 aliphatic heterocycles. The molecule has 0 spiro atoms. The van der Waals surface area contributed by atoms with Gasteiger partial charge in [-0.1, -0.05) is 0 Å². The average Bonchev–Trinajstić information content (AvgIpc) is 2.15. The molecule has 0 aliphatic carbocycles. The van der Waals surface area contributed by atoms with Crippen molar-refractivity contribution < 1.29 is 9.47 Å². The quantitative estimate of drug-likeness (QED) is 0.372. The molecule has 0 aromatic rings. The van der Waals surface area contributed by atoms with Crippen molar-refractivity contribution in [2.24, 2.45) is 0 Å². The number of hydrogen-bond donors (Lipinski definition) is 0. The molecule has 100 valence electrons. The lowest BCUT2D eigenvalue weighted by Crippen LogP contribution is -2.49. The number of hydrogen-bond acceptors (Lipinski definition) is 3. The van der Waals surface area contributed by atoms with Gasteiger partial charge in [0.05, 0.1) is 6.10 Å². The highest BCUT2D eigenvalue weighted by Crippen LogP contribution is 2.15. The van der Waals surface area contributed by atoms with Gasteiger partial charge in [-0.05, 0) is 41.5 Å². The van der Waals surface area contributed by atoms with Crippen molar-refractivity contribution in [1.82, 2.24) is 4.90 Å².